The number of rotatable bonds is 1. The molecule has 1 heterocycles. The summed E-state index contributed by atoms with van der Waals surface area (Å²) in [6.07, 6.45) is 0.985. The summed E-state index contributed by atoms with van der Waals surface area (Å²) in [6.45, 7) is 0.351. The summed E-state index contributed by atoms with van der Waals surface area (Å²) in [7, 11) is 0. The maximum Gasteiger partial charge on any atom is 0.311 e. The highest BCUT2D eigenvalue weighted by Crippen LogP contribution is 2.33. The molecule has 2 rings (SSSR count). The van der Waals surface area contributed by atoms with Gasteiger partial charge in [-0.05, 0) is 12.5 Å². The largest absolute Gasteiger partial charge is 0.486 e. The Balaban J connectivity index is 2.58. The molecule has 5 nitrogen and oxygen atoms in total. The maximum atomic E-state index is 11.6. The fourth-order valence-electron chi connectivity index (χ4n) is 1.58. The number of fused-ring (bicyclic) bond motifs is 1. The van der Waals surface area contributed by atoms with E-state index < -0.39 is 4.92 Å². The van der Waals surface area contributed by atoms with Crippen LogP contribution in [0.5, 0.6) is 5.75 Å². The SMILES string of the molecule is O=C1CCCOc2c1cccc2[N+](=O)[O-]. The Morgan fingerprint density at radius 1 is 1.40 bits per heavy atom. The van der Waals surface area contributed by atoms with Crippen LogP contribution in [-0.4, -0.2) is 17.3 Å². The summed E-state index contributed by atoms with van der Waals surface area (Å²) >= 11 is 0. The van der Waals surface area contributed by atoms with Gasteiger partial charge in [-0.3, -0.25) is 14.9 Å². The lowest BCUT2D eigenvalue weighted by molar-refractivity contribution is -0.385. The summed E-state index contributed by atoms with van der Waals surface area (Å²) < 4.78 is 5.25. The van der Waals surface area contributed by atoms with Crippen LogP contribution in [0.25, 0.3) is 0 Å². The highest BCUT2D eigenvalue weighted by molar-refractivity contribution is 6.00. The van der Waals surface area contributed by atoms with Crippen LogP contribution in [0.1, 0.15) is 23.2 Å². The van der Waals surface area contributed by atoms with Crippen molar-refractivity contribution in [3.8, 4) is 5.75 Å². The first kappa shape index (κ1) is 9.64. The molecule has 0 N–H and O–H groups in total. The van der Waals surface area contributed by atoms with Gasteiger partial charge in [0.1, 0.15) is 0 Å². The van der Waals surface area contributed by atoms with E-state index in [-0.39, 0.29) is 17.2 Å². The highest BCUT2D eigenvalue weighted by atomic mass is 16.6. The lowest BCUT2D eigenvalue weighted by atomic mass is 10.1. The number of hydrogen-bond donors (Lipinski definition) is 0. The Hall–Kier alpha value is -1.91. The quantitative estimate of drug-likeness (QED) is 0.521. The van der Waals surface area contributed by atoms with E-state index in [1.807, 2.05) is 0 Å². The molecule has 0 fully saturated rings. The van der Waals surface area contributed by atoms with Gasteiger partial charge in [-0.2, -0.15) is 0 Å². The Labute approximate surface area is 85.8 Å². The number of Topliss-reactive ketones (excluding diaryl/α,β-unsaturated/α-hetero) is 1. The van der Waals surface area contributed by atoms with Crippen LogP contribution in [0, 0.1) is 10.1 Å². The number of nitro groups is 1. The van der Waals surface area contributed by atoms with E-state index in [2.05, 4.69) is 0 Å². The summed E-state index contributed by atoms with van der Waals surface area (Å²) in [4.78, 5) is 21.8. The van der Waals surface area contributed by atoms with Crippen molar-refractivity contribution >= 4 is 11.5 Å². The second-order valence-electron chi connectivity index (χ2n) is 3.29. The van der Waals surface area contributed by atoms with Crippen molar-refractivity contribution in [3.05, 3.63) is 33.9 Å². The standard InChI is InChI=1S/C10H9NO4/c12-9-5-2-6-15-10-7(9)3-1-4-8(10)11(13)14/h1,3-4H,2,5-6H2. The summed E-state index contributed by atoms with van der Waals surface area (Å²) in [6, 6.07) is 4.41. The van der Waals surface area contributed by atoms with Crippen molar-refractivity contribution in [1.29, 1.82) is 0 Å². The van der Waals surface area contributed by atoms with E-state index in [4.69, 9.17) is 4.74 Å². The molecule has 0 radical (unpaired) electrons. The minimum absolute atomic E-state index is 0.0915. The summed E-state index contributed by atoms with van der Waals surface area (Å²) in [5, 5.41) is 10.7. The van der Waals surface area contributed by atoms with Crippen molar-refractivity contribution in [2.24, 2.45) is 0 Å². The summed E-state index contributed by atoms with van der Waals surface area (Å²) in [5.41, 5.74) is 0.185. The van der Waals surface area contributed by atoms with E-state index in [0.717, 1.165) is 0 Å². The first-order valence-corrected chi connectivity index (χ1v) is 4.63. The van der Waals surface area contributed by atoms with Gasteiger partial charge in [0.2, 0.25) is 5.75 Å². The van der Waals surface area contributed by atoms with Gasteiger partial charge in [0, 0.05) is 12.5 Å². The minimum Gasteiger partial charge on any atom is -0.486 e. The number of nitro benzene ring substituents is 1. The van der Waals surface area contributed by atoms with Crippen molar-refractivity contribution < 1.29 is 14.5 Å². The Morgan fingerprint density at radius 3 is 2.93 bits per heavy atom. The van der Waals surface area contributed by atoms with Crippen LogP contribution in [0.4, 0.5) is 5.69 Å². The van der Waals surface area contributed by atoms with Crippen LogP contribution >= 0.6 is 0 Å². The number of carbonyl (C=O) groups is 1. The molecule has 78 valence electrons. The fourth-order valence-corrected chi connectivity index (χ4v) is 1.58. The Morgan fingerprint density at radius 2 is 2.20 bits per heavy atom. The molecule has 0 atom stereocenters. The number of carbonyl (C=O) groups excluding carboxylic acids is 1. The molecule has 0 unspecified atom stereocenters. The Kier molecular flexibility index (Phi) is 2.37. The second-order valence-corrected chi connectivity index (χ2v) is 3.29. The van der Waals surface area contributed by atoms with Gasteiger partial charge < -0.3 is 4.74 Å². The normalized spacial score (nSPS) is 15.1. The average molecular weight is 207 g/mol. The molecule has 0 bridgehead atoms. The first-order valence-electron chi connectivity index (χ1n) is 4.63. The number of hydrogen-bond acceptors (Lipinski definition) is 4. The lowest BCUT2D eigenvalue weighted by Gasteiger charge is -2.05. The molecule has 0 spiro atoms. The zero-order valence-corrected chi connectivity index (χ0v) is 7.93. The first-order chi connectivity index (χ1) is 7.20. The zero-order valence-electron chi connectivity index (χ0n) is 7.93. The van der Waals surface area contributed by atoms with Gasteiger partial charge in [-0.25, -0.2) is 0 Å². The van der Waals surface area contributed by atoms with Gasteiger partial charge in [0.15, 0.2) is 5.78 Å². The number of ether oxygens (including phenoxy) is 1. The minimum atomic E-state index is -0.530. The van der Waals surface area contributed by atoms with Crippen molar-refractivity contribution in [3.63, 3.8) is 0 Å². The number of nitrogens with zero attached hydrogens (tertiary/aromatic N) is 1. The molecular formula is C10H9NO4. The lowest BCUT2D eigenvalue weighted by Crippen LogP contribution is -2.01. The van der Waals surface area contributed by atoms with Crippen LogP contribution in [0.3, 0.4) is 0 Å². The molecular weight excluding hydrogens is 198 g/mol. The highest BCUT2D eigenvalue weighted by Gasteiger charge is 2.24. The fraction of sp³-hybridized carbons (Fsp3) is 0.300. The molecule has 1 aromatic carbocycles. The molecule has 15 heavy (non-hydrogen) atoms. The molecule has 1 aliphatic heterocycles. The zero-order chi connectivity index (χ0) is 10.8. The molecule has 5 heteroatoms. The second kappa shape index (κ2) is 3.68. The summed E-state index contributed by atoms with van der Waals surface area (Å²) in [5.74, 6) is 0.0243. The van der Waals surface area contributed by atoms with Crippen LogP contribution in [0.2, 0.25) is 0 Å². The third-order valence-corrected chi connectivity index (χ3v) is 2.29. The van der Waals surface area contributed by atoms with E-state index in [1.165, 1.54) is 12.1 Å². The van der Waals surface area contributed by atoms with Gasteiger partial charge in [-0.15, -0.1) is 0 Å². The van der Waals surface area contributed by atoms with Crippen LogP contribution in [0.15, 0.2) is 18.2 Å². The van der Waals surface area contributed by atoms with Crippen molar-refractivity contribution in [2.45, 2.75) is 12.8 Å². The van der Waals surface area contributed by atoms with Crippen LogP contribution < -0.4 is 4.74 Å². The monoisotopic (exact) mass is 207 g/mol. The third kappa shape index (κ3) is 1.68. The molecule has 0 amide bonds. The van der Waals surface area contributed by atoms with Gasteiger partial charge >= 0.3 is 5.69 Å². The maximum absolute atomic E-state index is 11.6. The topological polar surface area (TPSA) is 69.4 Å². The predicted molar refractivity (Wildman–Crippen MR) is 52.2 cm³/mol. The number of para-hydroxylation sites is 1. The molecule has 1 aliphatic rings. The smallest absolute Gasteiger partial charge is 0.311 e. The van der Waals surface area contributed by atoms with Gasteiger partial charge in [-0.1, -0.05) is 6.07 Å². The van der Waals surface area contributed by atoms with Crippen LogP contribution in [-0.2, 0) is 0 Å². The van der Waals surface area contributed by atoms with E-state index in [9.17, 15) is 14.9 Å². The number of benzene rings is 1. The van der Waals surface area contributed by atoms with Crippen molar-refractivity contribution in [1.82, 2.24) is 0 Å². The molecule has 0 saturated carbocycles. The van der Waals surface area contributed by atoms with E-state index >= 15 is 0 Å². The van der Waals surface area contributed by atoms with E-state index in [1.54, 1.807) is 6.07 Å². The van der Waals surface area contributed by atoms with Crippen molar-refractivity contribution in [2.75, 3.05) is 6.61 Å². The molecule has 1 aromatic rings. The average Bonchev–Trinajstić information content (AvgIpc) is 2.40. The predicted octanol–water partition coefficient (Wildman–Crippen LogP) is 1.95. The van der Waals surface area contributed by atoms with Gasteiger partial charge in [0.05, 0.1) is 17.1 Å². The molecule has 0 aliphatic carbocycles. The third-order valence-electron chi connectivity index (χ3n) is 2.29. The number of ketones is 1. The molecule has 0 aromatic heterocycles. The van der Waals surface area contributed by atoms with E-state index in [0.29, 0.717) is 25.0 Å². The Bertz CT molecular complexity index is 427. The molecule has 0 saturated heterocycles. The van der Waals surface area contributed by atoms with Gasteiger partial charge in [0.25, 0.3) is 0 Å².